The van der Waals surface area contributed by atoms with Gasteiger partial charge in [0.25, 0.3) is 5.91 Å². The average Bonchev–Trinajstić information content (AvgIpc) is 2.64. The van der Waals surface area contributed by atoms with Crippen molar-refractivity contribution >= 4 is 72.1 Å². The van der Waals surface area contributed by atoms with Crippen LogP contribution in [0.2, 0.25) is 0 Å². The number of thiocarbonyl (C=S) groups is 1. The molecule has 1 fully saturated rings. The molecule has 1 N–H and O–H groups in total. The maximum absolute atomic E-state index is 12.2. The summed E-state index contributed by atoms with van der Waals surface area (Å²) in [6, 6.07) is 3.47. The first-order valence-electron chi connectivity index (χ1n) is 5.48. The summed E-state index contributed by atoms with van der Waals surface area (Å²) in [4.78, 5) is 14.2. The second-order valence-corrected chi connectivity index (χ2v) is 7.30. The Kier molecular flexibility index (Phi) is 5.06. The molecule has 1 amide bonds. The van der Waals surface area contributed by atoms with E-state index in [1.807, 2.05) is 0 Å². The van der Waals surface area contributed by atoms with Gasteiger partial charge in [0.1, 0.15) is 10.1 Å². The summed E-state index contributed by atoms with van der Waals surface area (Å²) in [7, 11) is 0. The lowest BCUT2D eigenvalue weighted by Crippen LogP contribution is -2.27. The Morgan fingerprint density at radius 3 is 2.55 bits per heavy atom. The van der Waals surface area contributed by atoms with Crippen molar-refractivity contribution in [2.75, 3.05) is 6.54 Å². The summed E-state index contributed by atoms with van der Waals surface area (Å²) < 4.78 is 1.64. The number of phenolic OH excluding ortho intramolecular Hbond substituents is 1. The number of hydrogen-bond donors (Lipinski definition) is 1. The molecular weight excluding hydrogens is 426 g/mol. The molecule has 0 saturated carbocycles. The van der Waals surface area contributed by atoms with Crippen LogP contribution in [0.4, 0.5) is 0 Å². The smallest absolute Gasteiger partial charge is 0.266 e. The topological polar surface area (TPSA) is 40.5 Å². The molecule has 1 aliphatic rings. The molecule has 0 atom stereocenters. The van der Waals surface area contributed by atoms with E-state index < -0.39 is 0 Å². The predicted molar refractivity (Wildman–Crippen MR) is 93.6 cm³/mol. The third kappa shape index (κ3) is 3.16. The monoisotopic (exact) mass is 433 g/mol. The lowest BCUT2D eigenvalue weighted by Gasteiger charge is -2.10. The number of carbonyl (C=O) groups is 1. The van der Waals surface area contributed by atoms with E-state index in [1.54, 1.807) is 24.3 Å². The molecule has 0 aromatic heterocycles. The van der Waals surface area contributed by atoms with E-state index in [0.717, 1.165) is 5.56 Å². The first kappa shape index (κ1) is 15.8. The zero-order valence-electron chi connectivity index (χ0n) is 10.1. The molecule has 1 saturated heterocycles. The van der Waals surface area contributed by atoms with Crippen LogP contribution in [-0.4, -0.2) is 26.8 Å². The van der Waals surface area contributed by atoms with E-state index in [4.69, 9.17) is 12.2 Å². The van der Waals surface area contributed by atoms with Crippen LogP contribution in [0.5, 0.6) is 5.75 Å². The van der Waals surface area contributed by atoms with Gasteiger partial charge < -0.3 is 5.11 Å². The van der Waals surface area contributed by atoms with Gasteiger partial charge in [-0.1, -0.05) is 30.1 Å². The Morgan fingerprint density at radius 2 is 2.00 bits per heavy atom. The zero-order valence-corrected chi connectivity index (χ0v) is 14.9. The molecular formula is C13H9Br2NO2S2. The number of nitrogens with zero attached hydrogens (tertiary/aromatic N) is 1. The third-order valence-electron chi connectivity index (χ3n) is 2.52. The molecule has 104 valence electrons. The van der Waals surface area contributed by atoms with E-state index in [1.165, 1.54) is 16.7 Å². The number of amides is 1. The molecule has 1 aliphatic heterocycles. The van der Waals surface area contributed by atoms with Crippen molar-refractivity contribution in [2.24, 2.45) is 0 Å². The van der Waals surface area contributed by atoms with Gasteiger partial charge in [-0.3, -0.25) is 9.69 Å². The maximum atomic E-state index is 12.2. The molecule has 0 aliphatic carbocycles. The second kappa shape index (κ2) is 6.43. The Bertz CT molecular complexity index is 620. The Labute approximate surface area is 143 Å². The molecule has 7 heteroatoms. The Balaban J connectivity index is 2.35. The predicted octanol–water partition coefficient (Wildman–Crippen LogP) is 4.30. The average molecular weight is 435 g/mol. The number of benzene rings is 1. The van der Waals surface area contributed by atoms with E-state index >= 15 is 0 Å². The maximum Gasteiger partial charge on any atom is 0.266 e. The fourth-order valence-corrected chi connectivity index (χ4v) is 4.10. The first-order valence-corrected chi connectivity index (χ1v) is 8.29. The standard InChI is InChI=1S/C13H9Br2NO2S2/c1-2-3-16-12(18)10(20-13(16)19)6-7-4-8(14)11(17)9(15)5-7/h2,4-6,17H,1,3H2. The molecule has 0 radical (unpaired) electrons. The summed E-state index contributed by atoms with van der Waals surface area (Å²) in [6.07, 6.45) is 3.39. The van der Waals surface area contributed by atoms with Crippen molar-refractivity contribution in [2.45, 2.75) is 0 Å². The summed E-state index contributed by atoms with van der Waals surface area (Å²) in [5.74, 6) is 0.00146. The van der Waals surface area contributed by atoms with Gasteiger partial charge in [-0.05, 0) is 55.6 Å². The molecule has 0 unspecified atom stereocenters. The van der Waals surface area contributed by atoms with Crippen LogP contribution >= 0.6 is 55.8 Å². The number of rotatable bonds is 3. The lowest BCUT2D eigenvalue weighted by molar-refractivity contribution is -0.121. The minimum Gasteiger partial charge on any atom is -0.506 e. The van der Waals surface area contributed by atoms with Crippen LogP contribution in [0.15, 0.2) is 38.6 Å². The number of phenols is 1. The number of hydrogen-bond acceptors (Lipinski definition) is 4. The highest BCUT2D eigenvalue weighted by Gasteiger charge is 2.30. The van der Waals surface area contributed by atoms with Gasteiger partial charge in [0, 0.05) is 6.54 Å². The molecule has 1 heterocycles. The fraction of sp³-hybridized carbons (Fsp3) is 0.0769. The minimum absolute atomic E-state index is 0.125. The molecule has 3 nitrogen and oxygen atoms in total. The van der Waals surface area contributed by atoms with Crippen LogP contribution in [0.3, 0.4) is 0 Å². The summed E-state index contributed by atoms with van der Waals surface area (Å²) >= 11 is 12.9. The van der Waals surface area contributed by atoms with Gasteiger partial charge in [0.15, 0.2) is 0 Å². The number of aromatic hydroxyl groups is 1. The first-order chi connectivity index (χ1) is 9.43. The molecule has 0 bridgehead atoms. The van der Waals surface area contributed by atoms with Crippen LogP contribution in [0, 0.1) is 0 Å². The highest BCUT2D eigenvalue weighted by atomic mass is 79.9. The largest absolute Gasteiger partial charge is 0.506 e. The molecule has 1 aromatic carbocycles. The number of thioether (sulfide) groups is 1. The van der Waals surface area contributed by atoms with Crippen molar-refractivity contribution in [1.29, 1.82) is 0 Å². The van der Waals surface area contributed by atoms with Gasteiger partial charge in [-0.25, -0.2) is 0 Å². The van der Waals surface area contributed by atoms with Crippen molar-refractivity contribution in [1.82, 2.24) is 4.90 Å². The minimum atomic E-state index is -0.125. The second-order valence-electron chi connectivity index (χ2n) is 3.91. The van der Waals surface area contributed by atoms with Crippen molar-refractivity contribution in [3.05, 3.63) is 44.2 Å². The third-order valence-corrected chi connectivity index (χ3v) is 5.11. The van der Waals surface area contributed by atoms with Crippen molar-refractivity contribution in [3.8, 4) is 5.75 Å². The summed E-state index contributed by atoms with van der Waals surface area (Å²) in [5, 5.41) is 9.67. The van der Waals surface area contributed by atoms with Crippen LogP contribution < -0.4 is 0 Å². The van der Waals surface area contributed by atoms with Crippen LogP contribution in [-0.2, 0) is 4.79 Å². The lowest BCUT2D eigenvalue weighted by atomic mass is 10.2. The number of halogens is 2. The highest BCUT2D eigenvalue weighted by molar-refractivity contribution is 9.11. The SMILES string of the molecule is C=CCN1C(=O)C(=Cc2cc(Br)c(O)c(Br)c2)SC1=S. The summed E-state index contributed by atoms with van der Waals surface area (Å²) in [6.45, 7) is 4.02. The Morgan fingerprint density at radius 1 is 1.40 bits per heavy atom. The molecule has 20 heavy (non-hydrogen) atoms. The molecule has 1 aromatic rings. The summed E-state index contributed by atoms with van der Waals surface area (Å²) in [5.41, 5.74) is 0.792. The van der Waals surface area contributed by atoms with E-state index in [2.05, 4.69) is 38.4 Å². The highest BCUT2D eigenvalue weighted by Crippen LogP contribution is 2.36. The van der Waals surface area contributed by atoms with Crippen LogP contribution in [0.25, 0.3) is 6.08 Å². The van der Waals surface area contributed by atoms with Gasteiger partial charge in [-0.15, -0.1) is 6.58 Å². The van der Waals surface area contributed by atoms with Crippen molar-refractivity contribution in [3.63, 3.8) is 0 Å². The van der Waals surface area contributed by atoms with Gasteiger partial charge in [-0.2, -0.15) is 0 Å². The normalized spacial score (nSPS) is 17.1. The van der Waals surface area contributed by atoms with E-state index in [-0.39, 0.29) is 11.7 Å². The number of carbonyl (C=O) groups excluding carboxylic acids is 1. The van der Waals surface area contributed by atoms with Gasteiger partial charge in [0.05, 0.1) is 13.9 Å². The van der Waals surface area contributed by atoms with Crippen LogP contribution in [0.1, 0.15) is 5.56 Å². The zero-order chi connectivity index (χ0) is 14.9. The molecule has 0 spiro atoms. The van der Waals surface area contributed by atoms with E-state index in [9.17, 15) is 9.90 Å². The van der Waals surface area contributed by atoms with E-state index in [0.29, 0.717) is 24.7 Å². The van der Waals surface area contributed by atoms with Crippen molar-refractivity contribution < 1.29 is 9.90 Å². The quantitative estimate of drug-likeness (QED) is 0.437. The Hall–Kier alpha value is -0.630. The van der Waals surface area contributed by atoms with Gasteiger partial charge >= 0.3 is 0 Å². The molecule has 2 rings (SSSR count). The fourth-order valence-electron chi connectivity index (χ4n) is 1.61. The van der Waals surface area contributed by atoms with Gasteiger partial charge in [0.2, 0.25) is 0 Å².